The van der Waals surface area contributed by atoms with Gasteiger partial charge in [0.2, 0.25) is 5.91 Å². The average molecular weight is 486 g/mol. The summed E-state index contributed by atoms with van der Waals surface area (Å²) in [5.74, 6) is 0.309. The van der Waals surface area contributed by atoms with Gasteiger partial charge in [0.15, 0.2) is 10.8 Å². The molecule has 1 saturated heterocycles. The van der Waals surface area contributed by atoms with E-state index in [1.807, 2.05) is 18.7 Å². The number of ether oxygens (including phenoxy) is 2. The zero-order chi connectivity index (χ0) is 21.6. The number of nitrogens with one attached hydrogen (secondary N) is 1. The number of thioether (sulfide) groups is 1. The van der Waals surface area contributed by atoms with Crippen LogP contribution in [0, 0.1) is 10.0 Å². The molecular weight excluding hydrogens is 460 g/mol. The van der Waals surface area contributed by atoms with Gasteiger partial charge in [0.25, 0.3) is 0 Å². The largest absolute Gasteiger partial charge is 0.378 e. The second-order valence-corrected chi connectivity index (χ2v) is 10.3. The van der Waals surface area contributed by atoms with Gasteiger partial charge in [0, 0.05) is 25.1 Å². The molecule has 12 heteroatoms. The highest BCUT2D eigenvalue weighted by molar-refractivity contribution is 7.99. The Labute approximate surface area is 188 Å². The fraction of sp³-hybridized carbons (Fsp3) is 0.556. The molecule has 2 unspecified atom stereocenters. The van der Waals surface area contributed by atoms with Crippen molar-refractivity contribution in [2.45, 2.75) is 37.6 Å². The summed E-state index contributed by atoms with van der Waals surface area (Å²) in [6.07, 6.45) is 0.661. The van der Waals surface area contributed by atoms with Crippen LogP contribution < -0.4 is 5.49 Å². The van der Waals surface area contributed by atoms with E-state index < -0.39 is 0 Å². The Hall–Kier alpha value is -0.890. The molecule has 0 spiro atoms. The van der Waals surface area contributed by atoms with Crippen LogP contribution in [0.4, 0.5) is 0 Å². The highest BCUT2D eigenvalue weighted by Gasteiger charge is 2.30. The lowest BCUT2D eigenvalue weighted by Crippen LogP contribution is -2.41. The topological polar surface area (TPSA) is 85.4 Å². The molecule has 2 aliphatic heterocycles. The van der Waals surface area contributed by atoms with E-state index >= 15 is 0 Å². The molecule has 0 radical (unpaired) electrons. The Morgan fingerprint density at radius 2 is 1.97 bits per heavy atom. The monoisotopic (exact) mass is 485 g/mol. The minimum Gasteiger partial charge on any atom is -0.378 e. The van der Waals surface area contributed by atoms with Crippen molar-refractivity contribution >= 4 is 59.7 Å². The molecule has 30 heavy (non-hydrogen) atoms. The highest BCUT2D eigenvalue weighted by Crippen LogP contribution is 2.34. The predicted molar refractivity (Wildman–Crippen MR) is 125 cm³/mol. The van der Waals surface area contributed by atoms with Crippen molar-refractivity contribution in [2.24, 2.45) is 0 Å². The van der Waals surface area contributed by atoms with Crippen molar-refractivity contribution < 1.29 is 14.3 Å². The molecule has 4 heterocycles. The van der Waals surface area contributed by atoms with Crippen LogP contribution in [-0.4, -0.2) is 62.1 Å². The first-order valence-electron chi connectivity index (χ1n) is 9.60. The highest BCUT2D eigenvalue weighted by atomic mass is 32.2. The minimum atomic E-state index is -0.328. The van der Waals surface area contributed by atoms with E-state index in [1.165, 1.54) is 11.8 Å². The molecule has 1 fully saturated rings. The quantitative estimate of drug-likeness (QED) is 0.310. The molecular formula is C18H25N5O3P2S2. The summed E-state index contributed by atoms with van der Waals surface area (Å²) in [4.78, 5) is 19.1. The van der Waals surface area contributed by atoms with Crippen LogP contribution in [0.3, 0.4) is 0 Å². The second-order valence-electron chi connectivity index (χ2n) is 7.95. The maximum atomic E-state index is 12.5. The van der Waals surface area contributed by atoms with Gasteiger partial charge >= 0.3 is 0 Å². The van der Waals surface area contributed by atoms with E-state index in [2.05, 4.69) is 18.8 Å². The van der Waals surface area contributed by atoms with Gasteiger partial charge in [-0.1, -0.05) is 24.0 Å². The Morgan fingerprint density at radius 1 is 1.27 bits per heavy atom. The number of pyridine rings is 1. The number of morpholine rings is 1. The lowest BCUT2D eigenvalue weighted by molar-refractivity contribution is -0.132. The smallest absolute Gasteiger partial charge is 0.233 e. The van der Waals surface area contributed by atoms with E-state index in [1.54, 1.807) is 8.68 Å². The number of fused-ring (bicyclic) bond motifs is 3. The number of carbonyl (C=O) groups excluding carboxylic acids is 1. The first kappa shape index (κ1) is 22.3. The number of rotatable bonds is 3. The van der Waals surface area contributed by atoms with Crippen molar-refractivity contribution in [2.75, 3.05) is 32.1 Å². The van der Waals surface area contributed by atoms with Crippen molar-refractivity contribution in [3.05, 3.63) is 21.3 Å². The van der Waals surface area contributed by atoms with E-state index in [0.29, 0.717) is 60.3 Å². The van der Waals surface area contributed by atoms with Crippen molar-refractivity contribution in [1.82, 2.24) is 18.6 Å². The van der Waals surface area contributed by atoms with Gasteiger partial charge in [-0.2, -0.15) is 0 Å². The molecule has 2 aromatic heterocycles. The van der Waals surface area contributed by atoms with Gasteiger partial charge in [-0.25, -0.2) is 4.98 Å². The van der Waals surface area contributed by atoms with Crippen LogP contribution in [0.15, 0.2) is 5.16 Å². The number of hydrogen-bond acceptors (Lipinski definition) is 7. The van der Waals surface area contributed by atoms with Crippen molar-refractivity contribution in [1.29, 1.82) is 5.41 Å². The van der Waals surface area contributed by atoms with Crippen LogP contribution in [0.1, 0.15) is 25.0 Å². The third-order valence-corrected chi connectivity index (χ3v) is 8.14. The summed E-state index contributed by atoms with van der Waals surface area (Å²) in [7, 11) is 5.16. The normalized spacial score (nSPS) is 18.5. The van der Waals surface area contributed by atoms with Crippen molar-refractivity contribution in [3.63, 3.8) is 0 Å². The summed E-state index contributed by atoms with van der Waals surface area (Å²) in [5, 5.41) is 10.2. The zero-order valence-corrected chi connectivity index (χ0v) is 20.9. The standard InChI is InChI=1S/C18H25N5O3P2S2/c1-18(2)7-10-11(8-26-18)16(29)23(28)15-13(10)14(19)22(27)17(20-15)30-9-12(24)21-3-5-25-6-4-21/h19H,3-9,27-28H2,1-2H3. The first-order valence-corrected chi connectivity index (χ1v) is 12.0. The molecule has 4 rings (SSSR count). The predicted octanol–water partition coefficient (Wildman–Crippen LogP) is 2.13. The molecule has 0 bridgehead atoms. The molecule has 1 N–H and O–H groups in total. The fourth-order valence-corrected chi connectivity index (χ4v) is 5.55. The molecule has 2 atom stereocenters. The molecule has 8 nitrogen and oxygen atoms in total. The van der Waals surface area contributed by atoms with E-state index in [-0.39, 0.29) is 17.3 Å². The number of amides is 1. The average Bonchev–Trinajstić information content (AvgIpc) is 2.72. The summed E-state index contributed by atoms with van der Waals surface area (Å²) < 4.78 is 15.3. The van der Waals surface area contributed by atoms with Crippen LogP contribution in [-0.2, 0) is 27.3 Å². The summed E-state index contributed by atoms with van der Waals surface area (Å²) in [6, 6.07) is 0. The van der Waals surface area contributed by atoms with Crippen LogP contribution in [0.25, 0.3) is 11.0 Å². The van der Waals surface area contributed by atoms with Crippen LogP contribution >= 0.6 is 42.8 Å². The molecule has 2 aromatic rings. The summed E-state index contributed by atoms with van der Waals surface area (Å²) >= 11 is 6.99. The minimum absolute atomic E-state index is 0.0498. The van der Waals surface area contributed by atoms with Crippen molar-refractivity contribution in [3.8, 4) is 0 Å². The number of carbonyl (C=O) groups is 1. The molecule has 0 aliphatic carbocycles. The molecule has 2 aliphatic rings. The third kappa shape index (κ3) is 4.10. The summed E-state index contributed by atoms with van der Waals surface area (Å²) in [6.45, 7) is 6.88. The van der Waals surface area contributed by atoms with Gasteiger partial charge in [-0.15, -0.1) is 0 Å². The van der Waals surface area contributed by atoms with Crippen LogP contribution in [0.5, 0.6) is 0 Å². The van der Waals surface area contributed by atoms with Gasteiger partial charge in [-0.3, -0.25) is 14.5 Å². The van der Waals surface area contributed by atoms with Gasteiger partial charge in [0.05, 0.1) is 36.6 Å². The SMILES string of the molecule is CC1(C)Cc2c(c(=S)n(P)c3nc(SCC(=O)N4CCOCC4)n(P)c(=N)c23)CO1. The molecule has 0 saturated carbocycles. The molecule has 162 valence electrons. The Morgan fingerprint density at radius 3 is 2.67 bits per heavy atom. The second kappa shape index (κ2) is 8.57. The number of nitrogens with zero attached hydrogens (tertiary/aromatic N) is 4. The van der Waals surface area contributed by atoms with E-state index in [9.17, 15) is 4.79 Å². The van der Waals surface area contributed by atoms with Crippen LogP contribution in [0.2, 0.25) is 0 Å². The zero-order valence-electron chi connectivity index (χ0n) is 16.9. The molecule has 1 amide bonds. The van der Waals surface area contributed by atoms with E-state index in [0.717, 1.165) is 16.5 Å². The fourth-order valence-electron chi connectivity index (χ4n) is 3.72. The Kier molecular flexibility index (Phi) is 6.37. The number of aromatic nitrogens is 3. The Bertz CT molecular complexity index is 1140. The first-order chi connectivity index (χ1) is 14.2. The lowest BCUT2D eigenvalue weighted by atomic mass is 9.91. The maximum absolute atomic E-state index is 12.5. The van der Waals surface area contributed by atoms with E-state index in [4.69, 9.17) is 32.1 Å². The van der Waals surface area contributed by atoms with Gasteiger partial charge < -0.3 is 18.7 Å². The summed E-state index contributed by atoms with van der Waals surface area (Å²) in [5.41, 5.74) is 2.60. The lowest BCUT2D eigenvalue weighted by Gasteiger charge is -2.33. The van der Waals surface area contributed by atoms with Gasteiger partial charge in [-0.05, 0) is 38.2 Å². The number of hydrogen-bond donors (Lipinski definition) is 1. The maximum Gasteiger partial charge on any atom is 0.233 e. The Balaban J connectivity index is 1.74. The van der Waals surface area contributed by atoms with Gasteiger partial charge in [0.1, 0.15) is 10.1 Å². The molecule has 0 aromatic carbocycles. The third-order valence-electron chi connectivity index (χ3n) is 5.38.